The smallest absolute Gasteiger partial charge is 0.277 e. The standard InChI is InChI=1S/C16H17N5O3S2/c1-4-12-18-20-15(26-12)17-13(22)9(2)25-16-21-19-14(24-16)10-5-7-11(23-3)8-6-10/h5-9H,4H2,1-3H3,(H,17,20,22)/t9-/m1/s1. The van der Waals surface area contributed by atoms with Crippen molar-refractivity contribution in [3.05, 3.63) is 29.3 Å². The van der Waals surface area contributed by atoms with Crippen LogP contribution in [0.4, 0.5) is 5.13 Å². The highest BCUT2D eigenvalue weighted by Gasteiger charge is 2.20. The molecule has 0 aliphatic carbocycles. The van der Waals surface area contributed by atoms with Crippen LogP contribution >= 0.6 is 23.1 Å². The molecule has 3 rings (SSSR count). The van der Waals surface area contributed by atoms with Crippen LogP contribution in [0.25, 0.3) is 11.5 Å². The highest BCUT2D eigenvalue weighted by atomic mass is 32.2. The van der Waals surface area contributed by atoms with Gasteiger partial charge in [0.15, 0.2) is 0 Å². The summed E-state index contributed by atoms with van der Waals surface area (Å²) in [5.74, 6) is 0.938. The molecule has 1 aromatic carbocycles. The lowest BCUT2D eigenvalue weighted by atomic mass is 10.2. The number of hydrogen-bond donors (Lipinski definition) is 1. The van der Waals surface area contributed by atoms with E-state index in [9.17, 15) is 4.79 Å². The molecular formula is C16H17N5O3S2. The summed E-state index contributed by atoms with van der Waals surface area (Å²) in [4.78, 5) is 12.3. The predicted octanol–water partition coefficient (Wildman–Crippen LogP) is 3.28. The number of nitrogens with zero attached hydrogens (tertiary/aromatic N) is 4. The van der Waals surface area contributed by atoms with Crippen LogP contribution in [0.5, 0.6) is 5.75 Å². The van der Waals surface area contributed by atoms with E-state index in [-0.39, 0.29) is 5.91 Å². The number of hydrogen-bond acceptors (Lipinski definition) is 9. The molecule has 0 bridgehead atoms. The van der Waals surface area contributed by atoms with Crippen molar-refractivity contribution in [2.24, 2.45) is 0 Å². The normalized spacial score (nSPS) is 12.0. The third-order valence-electron chi connectivity index (χ3n) is 3.39. The Kier molecular flexibility index (Phi) is 5.84. The molecule has 0 saturated carbocycles. The first-order chi connectivity index (χ1) is 12.6. The molecule has 1 atom stereocenters. The number of anilines is 1. The number of carbonyl (C=O) groups is 1. The third-order valence-corrected chi connectivity index (χ3v) is 5.31. The topological polar surface area (TPSA) is 103 Å². The summed E-state index contributed by atoms with van der Waals surface area (Å²) in [6, 6.07) is 7.29. The quantitative estimate of drug-likeness (QED) is 0.612. The van der Waals surface area contributed by atoms with Crippen molar-refractivity contribution in [3.8, 4) is 17.2 Å². The zero-order valence-electron chi connectivity index (χ0n) is 14.4. The second-order valence-corrected chi connectivity index (χ2v) is 7.56. The van der Waals surface area contributed by atoms with E-state index in [1.807, 2.05) is 31.2 Å². The molecule has 0 radical (unpaired) electrons. The average molecular weight is 391 g/mol. The van der Waals surface area contributed by atoms with E-state index in [1.54, 1.807) is 14.0 Å². The maximum atomic E-state index is 12.3. The second kappa shape index (κ2) is 8.28. The van der Waals surface area contributed by atoms with Crippen LogP contribution in [0.15, 0.2) is 33.9 Å². The molecule has 2 heterocycles. The van der Waals surface area contributed by atoms with Crippen LogP contribution in [0.2, 0.25) is 0 Å². The number of thioether (sulfide) groups is 1. The summed E-state index contributed by atoms with van der Waals surface area (Å²) in [7, 11) is 1.60. The number of carbonyl (C=O) groups excluding carboxylic acids is 1. The van der Waals surface area contributed by atoms with E-state index >= 15 is 0 Å². The fraction of sp³-hybridized carbons (Fsp3) is 0.312. The van der Waals surface area contributed by atoms with Gasteiger partial charge in [-0.25, -0.2) is 0 Å². The summed E-state index contributed by atoms with van der Waals surface area (Å²) < 4.78 is 10.8. The first kappa shape index (κ1) is 18.3. The lowest BCUT2D eigenvalue weighted by Gasteiger charge is -2.06. The van der Waals surface area contributed by atoms with E-state index in [1.165, 1.54) is 23.1 Å². The Morgan fingerprint density at radius 1 is 1.27 bits per heavy atom. The van der Waals surface area contributed by atoms with Gasteiger partial charge in [-0.15, -0.1) is 20.4 Å². The van der Waals surface area contributed by atoms with E-state index < -0.39 is 5.25 Å². The Bertz CT molecular complexity index is 878. The van der Waals surface area contributed by atoms with Gasteiger partial charge in [0.1, 0.15) is 10.8 Å². The molecular weight excluding hydrogens is 374 g/mol. The summed E-state index contributed by atoms with van der Waals surface area (Å²) in [6.45, 7) is 3.75. The van der Waals surface area contributed by atoms with E-state index in [0.29, 0.717) is 16.2 Å². The van der Waals surface area contributed by atoms with Gasteiger partial charge in [0.25, 0.3) is 5.22 Å². The Morgan fingerprint density at radius 2 is 2.04 bits per heavy atom. The predicted molar refractivity (Wildman–Crippen MR) is 99.5 cm³/mol. The van der Waals surface area contributed by atoms with E-state index in [0.717, 1.165) is 22.7 Å². The first-order valence-corrected chi connectivity index (χ1v) is 9.56. The second-order valence-electron chi connectivity index (χ2n) is 5.21. The highest BCUT2D eigenvalue weighted by molar-refractivity contribution is 8.00. The molecule has 0 spiro atoms. The third kappa shape index (κ3) is 4.38. The first-order valence-electron chi connectivity index (χ1n) is 7.87. The lowest BCUT2D eigenvalue weighted by molar-refractivity contribution is -0.115. The zero-order chi connectivity index (χ0) is 18.5. The van der Waals surface area contributed by atoms with Crippen molar-refractivity contribution in [1.29, 1.82) is 0 Å². The van der Waals surface area contributed by atoms with Crippen molar-refractivity contribution >= 4 is 34.1 Å². The van der Waals surface area contributed by atoms with Gasteiger partial charge in [-0.3, -0.25) is 10.1 Å². The Labute approximate surface area is 158 Å². The number of rotatable bonds is 7. The minimum atomic E-state index is -0.423. The number of nitrogens with one attached hydrogen (secondary N) is 1. The molecule has 26 heavy (non-hydrogen) atoms. The number of benzene rings is 1. The largest absolute Gasteiger partial charge is 0.497 e. The Morgan fingerprint density at radius 3 is 2.69 bits per heavy atom. The maximum absolute atomic E-state index is 12.3. The van der Waals surface area contributed by atoms with Crippen molar-refractivity contribution < 1.29 is 13.9 Å². The Balaban J connectivity index is 1.61. The van der Waals surface area contributed by atoms with Gasteiger partial charge in [-0.2, -0.15) is 0 Å². The number of aryl methyl sites for hydroxylation is 1. The number of methoxy groups -OCH3 is 1. The molecule has 2 aromatic heterocycles. The molecule has 10 heteroatoms. The number of ether oxygens (including phenoxy) is 1. The minimum Gasteiger partial charge on any atom is -0.497 e. The van der Waals surface area contributed by atoms with Gasteiger partial charge < -0.3 is 9.15 Å². The van der Waals surface area contributed by atoms with Crippen LogP contribution in [0, 0.1) is 0 Å². The van der Waals surface area contributed by atoms with E-state index in [2.05, 4.69) is 25.7 Å². The van der Waals surface area contributed by atoms with Crippen molar-refractivity contribution in [2.45, 2.75) is 30.7 Å². The van der Waals surface area contributed by atoms with Gasteiger partial charge in [0.2, 0.25) is 16.9 Å². The molecule has 3 aromatic rings. The molecule has 0 fully saturated rings. The maximum Gasteiger partial charge on any atom is 0.277 e. The highest BCUT2D eigenvalue weighted by Crippen LogP contribution is 2.28. The molecule has 1 N–H and O–H groups in total. The van der Waals surface area contributed by atoms with Gasteiger partial charge in [0.05, 0.1) is 12.4 Å². The zero-order valence-corrected chi connectivity index (χ0v) is 16.1. The van der Waals surface area contributed by atoms with E-state index in [4.69, 9.17) is 9.15 Å². The van der Waals surface area contributed by atoms with Crippen molar-refractivity contribution in [2.75, 3.05) is 12.4 Å². The van der Waals surface area contributed by atoms with Gasteiger partial charge in [-0.05, 0) is 37.6 Å². The van der Waals surface area contributed by atoms with Crippen LogP contribution in [-0.4, -0.2) is 38.7 Å². The van der Waals surface area contributed by atoms with Crippen LogP contribution in [0.3, 0.4) is 0 Å². The van der Waals surface area contributed by atoms with Gasteiger partial charge in [0, 0.05) is 5.56 Å². The summed E-state index contributed by atoms with van der Waals surface area (Å²) in [6.07, 6.45) is 0.786. The molecule has 8 nitrogen and oxygen atoms in total. The van der Waals surface area contributed by atoms with Crippen LogP contribution in [-0.2, 0) is 11.2 Å². The molecule has 0 unspecified atom stereocenters. The van der Waals surface area contributed by atoms with Gasteiger partial charge in [-0.1, -0.05) is 30.0 Å². The number of amides is 1. The summed E-state index contributed by atoms with van der Waals surface area (Å²) >= 11 is 2.55. The van der Waals surface area contributed by atoms with Crippen molar-refractivity contribution in [1.82, 2.24) is 20.4 Å². The van der Waals surface area contributed by atoms with Crippen LogP contribution in [0.1, 0.15) is 18.9 Å². The number of aromatic nitrogens is 4. The molecule has 0 aliphatic heterocycles. The fourth-order valence-electron chi connectivity index (χ4n) is 1.97. The summed E-state index contributed by atoms with van der Waals surface area (Å²) in [5.41, 5.74) is 0.781. The fourth-order valence-corrected chi connectivity index (χ4v) is 3.33. The molecule has 1 amide bonds. The van der Waals surface area contributed by atoms with Crippen molar-refractivity contribution in [3.63, 3.8) is 0 Å². The molecule has 0 aliphatic rings. The lowest BCUT2D eigenvalue weighted by Crippen LogP contribution is -2.22. The van der Waals surface area contributed by atoms with Gasteiger partial charge >= 0.3 is 0 Å². The Hall–Kier alpha value is -2.46. The minimum absolute atomic E-state index is 0.196. The molecule has 136 valence electrons. The van der Waals surface area contributed by atoms with Crippen LogP contribution < -0.4 is 10.1 Å². The monoisotopic (exact) mass is 391 g/mol. The average Bonchev–Trinajstić information content (AvgIpc) is 3.31. The molecule has 0 saturated heterocycles. The summed E-state index contributed by atoms with van der Waals surface area (Å²) in [5, 5.41) is 19.9. The SMILES string of the molecule is CCc1nnc(NC(=O)[C@@H](C)Sc2nnc(-c3ccc(OC)cc3)o2)s1.